The first-order valence-electron chi connectivity index (χ1n) is 9.00. The van der Waals surface area contributed by atoms with Gasteiger partial charge in [-0.15, -0.1) is 11.3 Å². The number of aromatic nitrogens is 1. The van der Waals surface area contributed by atoms with Gasteiger partial charge >= 0.3 is 0 Å². The van der Waals surface area contributed by atoms with E-state index in [9.17, 15) is 14.4 Å². The van der Waals surface area contributed by atoms with Crippen molar-refractivity contribution in [3.05, 3.63) is 80.7 Å². The van der Waals surface area contributed by atoms with E-state index in [4.69, 9.17) is 0 Å². The van der Waals surface area contributed by atoms with Gasteiger partial charge in [0.1, 0.15) is 0 Å². The minimum Gasteiger partial charge on any atom is -0.350 e. The molecule has 154 valence electrons. The van der Waals surface area contributed by atoms with Crippen molar-refractivity contribution in [1.29, 1.82) is 0 Å². The number of thiophene rings is 1. The topological polar surface area (TPSA) is 91.4 Å². The fraction of sp³-hybridized carbons (Fsp3) is 0.143. The summed E-state index contributed by atoms with van der Waals surface area (Å²) in [5.41, 5.74) is 1.96. The van der Waals surface area contributed by atoms with Crippen LogP contribution in [0.1, 0.15) is 25.6 Å². The number of pyridine rings is 1. The van der Waals surface area contributed by atoms with Gasteiger partial charge in [-0.25, -0.2) is 0 Å². The van der Waals surface area contributed by atoms with Crippen LogP contribution in [0.3, 0.4) is 0 Å². The molecule has 3 rings (SSSR count). The number of rotatable bonds is 7. The van der Waals surface area contributed by atoms with Gasteiger partial charge in [0.2, 0.25) is 5.91 Å². The SMILES string of the molecule is CN(CC(=O)NCc1cccc(NC(=O)c2ccncc2)c1)C(=O)c1ccc(Br)s1. The molecular weight excluding hydrogens is 468 g/mol. The van der Waals surface area contributed by atoms with E-state index in [0.717, 1.165) is 9.35 Å². The molecule has 9 heteroatoms. The number of benzene rings is 1. The van der Waals surface area contributed by atoms with Crippen LogP contribution in [-0.2, 0) is 11.3 Å². The molecule has 2 heterocycles. The fourth-order valence-electron chi connectivity index (χ4n) is 2.63. The van der Waals surface area contributed by atoms with Crippen LogP contribution in [0, 0.1) is 0 Å². The van der Waals surface area contributed by atoms with E-state index >= 15 is 0 Å². The molecule has 30 heavy (non-hydrogen) atoms. The Morgan fingerprint density at radius 3 is 2.57 bits per heavy atom. The summed E-state index contributed by atoms with van der Waals surface area (Å²) in [6.07, 6.45) is 3.11. The van der Waals surface area contributed by atoms with Gasteiger partial charge in [-0.05, 0) is 57.9 Å². The lowest BCUT2D eigenvalue weighted by Crippen LogP contribution is -2.37. The van der Waals surface area contributed by atoms with Crippen molar-refractivity contribution in [2.45, 2.75) is 6.54 Å². The zero-order valence-electron chi connectivity index (χ0n) is 16.1. The number of amides is 3. The van der Waals surface area contributed by atoms with Crippen LogP contribution in [-0.4, -0.2) is 41.2 Å². The number of nitrogens with zero attached hydrogens (tertiary/aromatic N) is 2. The molecule has 0 saturated carbocycles. The molecule has 1 aromatic carbocycles. The molecule has 0 unspecified atom stereocenters. The molecule has 0 radical (unpaired) electrons. The van der Waals surface area contributed by atoms with Gasteiger partial charge in [0.05, 0.1) is 15.2 Å². The lowest BCUT2D eigenvalue weighted by atomic mass is 10.2. The molecule has 2 aromatic heterocycles. The number of carbonyl (C=O) groups excluding carboxylic acids is 3. The van der Waals surface area contributed by atoms with Crippen molar-refractivity contribution >= 4 is 50.7 Å². The first kappa shape index (κ1) is 21.7. The Hall–Kier alpha value is -3.04. The Morgan fingerprint density at radius 2 is 1.87 bits per heavy atom. The van der Waals surface area contributed by atoms with Crippen molar-refractivity contribution in [2.75, 3.05) is 18.9 Å². The Bertz CT molecular complexity index is 1060. The first-order valence-corrected chi connectivity index (χ1v) is 10.6. The van der Waals surface area contributed by atoms with Crippen molar-refractivity contribution in [3.63, 3.8) is 0 Å². The largest absolute Gasteiger partial charge is 0.350 e. The van der Waals surface area contributed by atoms with E-state index in [2.05, 4.69) is 31.5 Å². The van der Waals surface area contributed by atoms with Gasteiger partial charge in [0.25, 0.3) is 11.8 Å². The molecular formula is C21H19BrN4O3S. The Labute approximate surface area is 186 Å². The van der Waals surface area contributed by atoms with Gasteiger partial charge in [0.15, 0.2) is 0 Å². The number of hydrogen-bond donors (Lipinski definition) is 2. The van der Waals surface area contributed by atoms with Crippen LogP contribution in [0.5, 0.6) is 0 Å². The van der Waals surface area contributed by atoms with Crippen molar-refractivity contribution in [3.8, 4) is 0 Å². The Morgan fingerprint density at radius 1 is 1.10 bits per heavy atom. The van der Waals surface area contributed by atoms with E-state index in [1.807, 2.05) is 6.07 Å². The monoisotopic (exact) mass is 486 g/mol. The summed E-state index contributed by atoms with van der Waals surface area (Å²) < 4.78 is 0.861. The maximum atomic E-state index is 12.3. The van der Waals surface area contributed by atoms with E-state index < -0.39 is 0 Å². The lowest BCUT2D eigenvalue weighted by molar-refractivity contribution is -0.121. The summed E-state index contributed by atoms with van der Waals surface area (Å²) in [5.74, 6) is -0.715. The third-order valence-corrected chi connectivity index (χ3v) is 5.74. The second-order valence-corrected chi connectivity index (χ2v) is 8.90. The Kier molecular flexibility index (Phi) is 7.31. The smallest absolute Gasteiger partial charge is 0.264 e. The normalized spacial score (nSPS) is 10.3. The van der Waals surface area contributed by atoms with Crippen LogP contribution >= 0.6 is 27.3 Å². The molecule has 0 atom stereocenters. The molecule has 3 aromatic rings. The van der Waals surface area contributed by atoms with Crippen molar-refractivity contribution in [1.82, 2.24) is 15.2 Å². The second kappa shape index (κ2) is 10.1. The van der Waals surface area contributed by atoms with Gasteiger partial charge in [0, 0.05) is 37.2 Å². The van der Waals surface area contributed by atoms with Gasteiger partial charge < -0.3 is 15.5 Å². The van der Waals surface area contributed by atoms with Gasteiger partial charge in [-0.3, -0.25) is 19.4 Å². The predicted octanol–water partition coefficient (Wildman–Crippen LogP) is 3.55. The maximum absolute atomic E-state index is 12.3. The zero-order valence-corrected chi connectivity index (χ0v) is 18.5. The van der Waals surface area contributed by atoms with E-state index in [1.54, 1.807) is 61.9 Å². The maximum Gasteiger partial charge on any atom is 0.264 e. The first-order chi connectivity index (χ1) is 14.4. The van der Waals surface area contributed by atoms with Crippen LogP contribution in [0.15, 0.2) is 64.7 Å². The minimum atomic E-state index is -0.271. The number of hydrogen-bond acceptors (Lipinski definition) is 5. The van der Waals surface area contributed by atoms with E-state index in [-0.39, 0.29) is 30.8 Å². The summed E-state index contributed by atoms with van der Waals surface area (Å²) in [7, 11) is 1.59. The highest BCUT2D eigenvalue weighted by Gasteiger charge is 2.16. The van der Waals surface area contributed by atoms with Gasteiger partial charge in [-0.1, -0.05) is 12.1 Å². The molecule has 3 amide bonds. The Balaban J connectivity index is 1.51. The average molecular weight is 487 g/mol. The second-order valence-electron chi connectivity index (χ2n) is 6.43. The summed E-state index contributed by atoms with van der Waals surface area (Å²) in [4.78, 5) is 42.6. The van der Waals surface area contributed by atoms with Crippen LogP contribution in [0.25, 0.3) is 0 Å². The molecule has 0 saturated heterocycles. The van der Waals surface area contributed by atoms with Gasteiger partial charge in [-0.2, -0.15) is 0 Å². The summed E-state index contributed by atoms with van der Waals surface area (Å²) in [6, 6.07) is 14.0. The number of carbonyl (C=O) groups is 3. The van der Waals surface area contributed by atoms with Crippen molar-refractivity contribution in [2.24, 2.45) is 0 Å². The quantitative estimate of drug-likeness (QED) is 0.534. The molecule has 0 aliphatic carbocycles. The van der Waals surface area contributed by atoms with E-state index in [1.165, 1.54) is 16.2 Å². The highest BCUT2D eigenvalue weighted by Crippen LogP contribution is 2.23. The molecule has 0 aliphatic heterocycles. The highest BCUT2D eigenvalue weighted by molar-refractivity contribution is 9.11. The summed E-state index contributed by atoms with van der Waals surface area (Å²) in [5, 5.41) is 5.61. The highest BCUT2D eigenvalue weighted by atomic mass is 79.9. The van der Waals surface area contributed by atoms with Crippen LogP contribution in [0.2, 0.25) is 0 Å². The number of halogens is 1. The lowest BCUT2D eigenvalue weighted by Gasteiger charge is -2.16. The number of anilines is 1. The molecule has 0 bridgehead atoms. The fourth-order valence-corrected chi connectivity index (χ4v) is 4.01. The number of nitrogens with one attached hydrogen (secondary N) is 2. The summed E-state index contributed by atoms with van der Waals surface area (Å²) in [6.45, 7) is 0.233. The number of likely N-dealkylation sites (N-methyl/N-ethyl adjacent to an activating group) is 1. The standard InChI is InChI=1S/C21H19BrN4O3S/c1-26(21(29)17-5-6-18(22)30-17)13-19(27)24-12-14-3-2-4-16(11-14)25-20(28)15-7-9-23-10-8-15/h2-11H,12-13H2,1H3,(H,24,27)(H,25,28). The summed E-state index contributed by atoms with van der Waals surface area (Å²) >= 11 is 4.65. The zero-order chi connectivity index (χ0) is 21.5. The third kappa shape index (κ3) is 5.98. The van der Waals surface area contributed by atoms with Crippen LogP contribution in [0.4, 0.5) is 5.69 Å². The minimum absolute atomic E-state index is 0.0488. The predicted molar refractivity (Wildman–Crippen MR) is 119 cm³/mol. The van der Waals surface area contributed by atoms with Crippen LogP contribution < -0.4 is 10.6 Å². The van der Waals surface area contributed by atoms with Crippen molar-refractivity contribution < 1.29 is 14.4 Å². The molecule has 0 spiro atoms. The molecule has 7 nitrogen and oxygen atoms in total. The molecule has 0 fully saturated rings. The third-order valence-electron chi connectivity index (χ3n) is 4.13. The van der Waals surface area contributed by atoms with E-state index in [0.29, 0.717) is 16.1 Å². The molecule has 2 N–H and O–H groups in total. The molecule has 0 aliphatic rings. The average Bonchev–Trinajstić information content (AvgIpc) is 3.19.